The molecule has 3 aromatic rings. The van der Waals surface area contributed by atoms with Crippen LogP contribution < -0.4 is 24.8 Å². The molecule has 0 atom stereocenters. The van der Waals surface area contributed by atoms with E-state index < -0.39 is 0 Å². The highest BCUT2D eigenvalue weighted by Crippen LogP contribution is 2.48. The molecule has 36 heavy (non-hydrogen) atoms. The van der Waals surface area contributed by atoms with Gasteiger partial charge in [-0.3, -0.25) is 0 Å². The molecule has 0 fully saturated rings. The van der Waals surface area contributed by atoms with Gasteiger partial charge in [0.05, 0.1) is 5.56 Å². The van der Waals surface area contributed by atoms with Crippen LogP contribution in [0.5, 0.6) is 11.5 Å². The van der Waals surface area contributed by atoms with Crippen LogP contribution in [0.2, 0.25) is 0 Å². The Balaban J connectivity index is 1.54. The molecule has 5 aliphatic heterocycles. The van der Waals surface area contributed by atoms with Gasteiger partial charge in [-0.2, -0.15) is 0 Å². The van der Waals surface area contributed by atoms with E-state index in [1.807, 2.05) is 0 Å². The molecule has 0 saturated heterocycles. The third-order valence-corrected chi connectivity index (χ3v) is 9.36. The van der Waals surface area contributed by atoms with Crippen LogP contribution in [0.1, 0.15) is 71.6 Å². The van der Waals surface area contributed by atoms with E-state index >= 15 is 0 Å². The number of benzene rings is 3. The Labute approximate surface area is 213 Å². The Morgan fingerprint density at radius 1 is 0.806 bits per heavy atom. The zero-order valence-corrected chi connectivity index (χ0v) is 21.5. The predicted octanol–water partition coefficient (Wildman–Crippen LogP) is 4.68. The van der Waals surface area contributed by atoms with Gasteiger partial charge in [-0.15, -0.1) is 0 Å². The van der Waals surface area contributed by atoms with Gasteiger partial charge in [0.25, 0.3) is 0 Å². The minimum absolute atomic E-state index is 1.04. The quantitative estimate of drug-likeness (QED) is 0.391. The zero-order valence-electron chi connectivity index (χ0n) is 21.5. The highest BCUT2D eigenvalue weighted by Gasteiger charge is 2.35. The third kappa shape index (κ3) is 2.89. The van der Waals surface area contributed by atoms with E-state index in [1.54, 1.807) is 11.1 Å². The fourth-order valence-corrected chi connectivity index (χ4v) is 7.88. The summed E-state index contributed by atoms with van der Waals surface area (Å²) >= 11 is 0. The maximum atomic E-state index is 7.17. The van der Waals surface area contributed by atoms with Gasteiger partial charge in [-0.05, 0) is 73.8 Å². The van der Waals surface area contributed by atoms with Crippen LogP contribution in [0.3, 0.4) is 0 Å². The van der Waals surface area contributed by atoms with Gasteiger partial charge in [0.1, 0.15) is 24.6 Å². The van der Waals surface area contributed by atoms with Crippen LogP contribution in [0.25, 0.3) is 5.57 Å². The van der Waals surface area contributed by atoms with Crippen molar-refractivity contribution in [1.82, 2.24) is 4.58 Å². The van der Waals surface area contributed by atoms with Crippen LogP contribution in [0.15, 0.2) is 36.4 Å². The lowest BCUT2D eigenvalue weighted by Gasteiger charge is -2.39. The number of fused-ring (bicyclic) bond motifs is 4. The van der Waals surface area contributed by atoms with Crippen molar-refractivity contribution in [3.8, 4) is 11.5 Å². The molecular weight excluding hydrogens is 440 g/mol. The summed E-state index contributed by atoms with van der Waals surface area (Å²) in [5.41, 5.74) is 13.1. The summed E-state index contributed by atoms with van der Waals surface area (Å²) in [5, 5.41) is 2.85. The van der Waals surface area contributed by atoms with E-state index in [0.29, 0.717) is 0 Å². The maximum absolute atomic E-state index is 7.17. The average molecular weight is 476 g/mol. The number of nitrogens with zero attached hydrogens (tertiary/aromatic N) is 2. The molecule has 0 aliphatic carbocycles. The van der Waals surface area contributed by atoms with Crippen LogP contribution in [0, 0.1) is 0 Å². The molecule has 5 heterocycles. The first-order valence-corrected chi connectivity index (χ1v) is 14.3. The minimum Gasteiger partial charge on any atom is -0.455 e. The van der Waals surface area contributed by atoms with Crippen LogP contribution in [-0.4, -0.2) is 26.2 Å². The maximum Gasteiger partial charge on any atom is 0.210 e. The molecule has 0 radical (unpaired) electrons. The zero-order chi connectivity index (χ0) is 23.8. The Morgan fingerprint density at radius 2 is 1.58 bits per heavy atom. The summed E-state index contributed by atoms with van der Waals surface area (Å²) in [5.74, 6) is 2.33. The highest BCUT2D eigenvalue weighted by atomic mass is 16.5. The van der Waals surface area contributed by atoms with Crippen LogP contribution in [0.4, 0.5) is 5.69 Å². The summed E-state index contributed by atoms with van der Waals surface area (Å²) < 4.78 is 9.82. The van der Waals surface area contributed by atoms with Crippen molar-refractivity contribution >= 4 is 11.3 Å². The Bertz CT molecular complexity index is 1560. The molecule has 0 N–H and O–H groups in total. The van der Waals surface area contributed by atoms with E-state index in [1.165, 1.54) is 114 Å². The monoisotopic (exact) mass is 475 g/mol. The molecule has 5 aliphatic rings. The Morgan fingerprint density at radius 3 is 2.47 bits per heavy atom. The normalized spacial score (nSPS) is 19.2. The summed E-state index contributed by atoms with van der Waals surface area (Å²) in [6, 6.07) is 14.2. The van der Waals surface area contributed by atoms with Gasteiger partial charge in [0.2, 0.25) is 5.36 Å². The molecule has 0 amide bonds. The molecule has 0 aromatic heterocycles. The van der Waals surface area contributed by atoms with E-state index in [2.05, 4.69) is 52.8 Å². The van der Waals surface area contributed by atoms with Gasteiger partial charge < -0.3 is 9.64 Å². The molecule has 3 heteroatoms. The fourth-order valence-electron chi connectivity index (χ4n) is 7.88. The summed E-state index contributed by atoms with van der Waals surface area (Å²) in [7, 11) is 0. The van der Waals surface area contributed by atoms with Crippen molar-refractivity contribution in [2.45, 2.75) is 64.7 Å². The van der Waals surface area contributed by atoms with Crippen LogP contribution >= 0.6 is 0 Å². The highest BCUT2D eigenvalue weighted by molar-refractivity contribution is 5.90. The molecule has 0 spiro atoms. The van der Waals surface area contributed by atoms with E-state index in [0.717, 1.165) is 30.8 Å². The van der Waals surface area contributed by atoms with Crippen molar-refractivity contribution in [2.75, 3.05) is 31.1 Å². The lowest BCUT2D eigenvalue weighted by atomic mass is 9.81. The van der Waals surface area contributed by atoms with Crippen molar-refractivity contribution in [3.63, 3.8) is 0 Å². The Hall–Kier alpha value is -3.07. The van der Waals surface area contributed by atoms with Crippen LogP contribution in [-0.2, 0) is 32.1 Å². The fraction of sp³-hybridized carbons (Fsp3) is 0.424. The lowest BCUT2D eigenvalue weighted by Crippen LogP contribution is -2.45. The second-order valence-corrected chi connectivity index (χ2v) is 11.4. The predicted molar refractivity (Wildman–Crippen MR) is 146 cm³/mol. The first-order valence-electron chi connectivity index (χ1n) is 14.3. The van der Waals surface area contributed by atoms with Gasteiger partial charge >= 0.3 is 0 Å². The molecule has 3 aromatic carbocycles. The second kappa shape index (κ2) is 7.96. The second-order valence-electron chi connectivity index (χ2n) is 11.4. The number of anilines is 1. The average Bonchev–Trinajstić information content (AvgIpc) is 2.93. The number of hydrogen-bond donors (Lipinski definition) is 0. The molecule has 0 unspecified atom stereocenters. The van der Waals surface area contributed by atoms with Gasteiger partial charge in [-0.1, -0.05) is 31.2 Å². The van der Waals surface area contributed by atoms with Crippen molar-refractivity contribution in [1.29, 1.82) is 0 Å². The summed E-state index contributed by atoms with van der Waals surface area (Å²) in [6.45, 7) is 7.07. The van der Waals surface area contributed by atoms with Gasteiger partial charge in [0.15, 0.2) is 0 Å². The first kappa shape index (κ1) is 21.1. The van der Waals surface area contributed by atoms with Gasteiger partial charge in [0, 0.05) is 59.1 Å². The summed E-state index contributed by atoms with van der Waals surface area (Å²) in [6.07, 6.45) is 10.7. The number of aryl methyl sites for hydroxylation is 3. The smallest absolute Gasteiger partial charge is 0.210 e. The first-order chi connectivity index (χ1) is 17.8. The van der Waals surface area contributed by atoms with Crippen molar-refractivity contribution < 1.29 is 4.74 Å². The van der Waals surface area contributed by atoms with E-state index in [-0.39, 0.29) is 0 Å². The molecule has 0 saturated carbocycles. The molecular formula is C33H35N2O+. The van der Waals surface area contributed by atoms with Crippen molar-refractivity contribution in [2.24, 2.45) is 0 Å². The Kier molecular flexibility index (Phi) is 4.66. The molecule has 0 bridgehead atoms. The van der Waals surface area contributed by atoms with E-state index in [9.17, 15) is 0 Å². The van der Waals surface area contributed by atoms with Gasteiger partial charge in [-0.25, -0.2) is 4.58 Å². The topological polar surface area (TPSA) is 15.5 Å². The molecule has 8 rings (SSSR count). The SMILES string of the molecule is CCc1ccccc1C1=c2cc3c4c(c2Oc2c1cc1c5c2CCCN5CCC1)CCC[N+]=4CCC3. The minimum atomic E-state index is 1.04. The summed E-state index contributed by atoms with van der Waals surface area (Å²) in [4.78, 5) is 2.65. The lowest BCUT2D eigenvalue weighted by molar-refractivity contribution is 0.431. The third-order valence-electron chi connectivity index (χ3n) is 9.36. The van der Waals surface area contributed by atoms with Crippen molar-refractivity contribution in [3.05, 3.63) is 85.9 Å². The molecule has 182 valence electrons. The van der Waals surface area contributed by atoms with E-state index in [4.69, 9.17) is 4.74 Å². The number of hydrogen-bond acceptors (Lipinski definition) is 2. The number of rotatable bonds is 2. The number of ether oxygens (including phenoxy) is 1. The standard InChI is InChI=1S/C33H35N2O/c1-2-21-9-3-4-12-24(21)29-27-19-22-10-5-15-34-17-7-13-25(30(22)34)32(27)36-33-26-14-8-18-35-16-6-11-23(31(26)35)20-28(29)33/h3-4,9,12,19-20H,2,5-8,10-11,13-18H2,1H3/q+1. The largest absolute Gasteiger partial charge is 0.455 e. The molecule has 3 nitrogen and oxygen atoms in total.